The lowest BCUT2D eigenvalue weighted by Crippen LogP contribution is -2.40. The number of pyridine rings is 1. The number of carbonyl (C=O) groups is 1. The first kappa shape index (κ1) is 25.9. The van der Waals surface area contributed by atoms with E-state index in [9.17, 15) is 44.3 Å². The molecule has 0 saturated heterocycles. The molecule has 1 amide bonds. The number of alkyl halides is 9. The second-order valence-electron chi connectivity index (χ2n) is 7.29. The summed E-state index contributed by atoms with van der Waals surface area (Å²) in [6.07, 6.45) is -15.1. The highest BCUT2D eigenvalue weighted by Crippen LogP contribution is 2.38. The first-order valence-electron chi connectivity index (χ1n) is 9.64. The van der Waals surface area contributed by atoms with Gasteiger partial charge in [0.1, 0.15) is 18.9 Å². The smallest absolute Gasteiger partial charge is 0.353 e. The van der Waals surface area contributed by atoms with Gasteiger partial charge in [0.05, 0.1) is 11.1 Å². The number of nitrogens with one attached hydrogen (secondary N) is 2. The average molecular weight is 510 g/mol. The Labute approximate surface area is 191 Å². The lowest BCUT2D eigenvalue weighted by molar-refractivity contribution is -0.138. The van der Waals surface area contributed by atoms with Crippen molar-refractivity contribution in [2.45, 2.75) is 18.5 Å². The van der Waals surface area contributed by atoms with E-state index in [1.807, 2.05) is 0 Å². The SMILES string of the molecule is O=C(NNc1cc(C(F)(F)F)c2cc(N(CC(F)(F)F)CC(F)(F)F)ccc2n1)c1ccccc1. The molecular weight excluding hydrogens is 495 g/mol. The summed E-state index contributed by atoms with van der Waals surface area (Å²) >= 11 is 0. The second kappa shape index (κ2) is 9.50. The molecule has 3 rings (SSSR count). The van der Waals surface area contributed by atoms with Crippen molar-refractivity contribution in [1.82, 2.24) is 10.4 Å². The van der Waals surface area contributed by atoms with Gasteiger partial charge in [-0.05, 0) is 36.4 Å². The van der Waals surface area contributed by atoms with Crippen molar-refractivity contribution in [3.05, 3.63) is 65.7 Å². The van der Waals surface area contributed by atoms with Crippen molar-refractivity contribution < 1.29 is 44.3 Å². The molecule has 0 saturated carbocycles. The van der Waals surface area contributed by atoms with Crippen LogP contribution in [0, 0.1) is 0 Å². The Morgan fingerprint density at radius 1 is 0.829 bits per heavy atom. The zero-order chi connectivity index (χ0) is 26.0. The lowest BCUT2D eigenvalue weighted by Gasteiger charge is -2.27. The van der Waals surface area contributed by atoms with E-state index in [-0.39, 0.29) is 16.0 Å². The number of amides is 1. The zero-order valence-electron chi connectivity index (χ0n) is 17.3. The van der Waals surface area contributed by atoms with Gasteiger partial charge in [0.25, 0.3) is 5.91 Å². The molecule has 0 aliphatic carbocycles. The third-order valence-corrected chi connectivity index (χ3v) is 4.54. The van der Waals surface area contributed by atoms with Gasteiger partial charge < -0.3 is 4.90 Å². The summed E-state index contributed by atoms with van der Waals surface area (Å²) in [4.78, 5) is 15.9. The molecule has 0 unspecified atom stereocenters. The zero-order valence-corrected chi connectivity index (χ0v) is 17.3. The fraction of sp³-hybridized carbons (Fsp3) is 0.238. The van der Waals surface area contributed by atoms with E-state index in [4.69, 9.17) is 0 Å². The molecule has 35 heavy (non-hydrogen) atoms. The number of carbonyl (C=O) groups excluding carboxylic acids is 1. The van der Waals surface area contributed by atoms with Crippen LogP contribution in [0.15, 0.2) is 54.6 Å². The molecule has 14 heteroatoms. The van der Waals surface area contributed by atoms with Crippen LogP contribution in [-0.2, 0) is 6.18 Å². The third-order valence-electron chi connectivity index (χ3n) is 4.54. The maximum atomic E-state index is 13.7. The molecule has 0 radical (unpaired) electrons. The van der Waals surface area contributed by atoms with E-state index in [2.05, 4.69) is 15.8 Å². The Bertz CT molecular complexity index is 1180. The largest absolute Gasteiger partial charge is 0.417 e. The number of nitrogens with zero attached hydrogens (tertiary/aromatic N) is 2. The van der Waals surface area contributed by atoms with Crippen molar-refractivity contribution in [2.75, 3.05) is 23.4 Å². The molecule has 0 aliphatic heterocycles. The van der Waals surface area contributed by atoms with Crippen LogP contribution >= 0.6 is 0 Å². The highest BCUT2D eigenvalue weighted by Gasteiger charge is 2.38. The van der Waals surface area contributed by atoms with Crippen LogP contribution in [0.3, 0.4) is 0 Å². The highest BCUT2D eigenvalue weighted by atomic mass is 19.4. The molecule has 0 spiro atoms. The molecule has 1 aromatic heterocycles. The van der Waals surface area contributed by atoms with Crippen LogP contribution in [0.5, 0.6) is 0 Å². The van der Waals surface area contributed by atoms with Crippen molar-refractivity contribution in [3.8, 4) is 0 Å². The molecule has 0 aliphatic rings. The normalized spacial score (nSPS) is 12.5. The summed E-state index contributed by atoms with van der Waals surface area (Å²) in [5.74, 6) is -1.14. The summed E-state index contributed by atoms with van der Waals surface area (Å²) in [6, 6.07) is 10.4. The summed E-state index contributed by atoms with van der Waals surface area (Å²) in [7, 11) is 0. The predicted molar refractivity (Wildman–Crippen MR) is 109 cm³/mol. The van der Waals surface area contributed by atoms with E-state index in [0.717, 1.165) is 12.1 Å². The van der Waals surface area contributed by atoms with Crippen molar-refractivity contribution in [2.24, 2.45) is 0 Å². The molecule has 0 atom stereocenters. The Hall–Kier alpha value is -3.71. The number of anilines is 2. The Morgan fingerprint density at radius 3 is 1.97 bits per heavy atom. The predicted octanol–water partition coefficient (Wildman–Crippen LogP) is 5.94. The summed E-state index contributed by atoms with van der Waals surface area (Å²) in [5.41, 5.74) is 2.11. The second-order valence-corrected chi connectivity index (χ2v) is 7.29. The van der Waals surface area contributed by atoms with Crippen LogP contribution in [0.2, 0.25) is 0 Å². The highest BCUT2D eigenvalue weighted by molar-refractivity contribution is 5.95. The number of aromatic nitrogens is 1. The number of hydrazine groups is 1. The van der Waals surface area contributed by atoms with E-state index >= 15 is 0 Å². The molecule has 1 heterocycles. The van der Waals surface area contributed by atoms with Gasteiger partial charge in [0.2, 0.25) is 0 Å². The number of rotatable bonds is 6. The Balaban J connectivity index is 1.99. The molecule has 0 fully saturated rings. The first-order valence-corrected chi connectivity index (χ1v) is 9.64. The van der Waals surface area contributed by atoms with E-state index in [1.54, 1.807) is 18.2 Å². The standard InChI is InChI=1S/C21H15F9N4O/c22-19(23,24)10-34(11-20(25,26)27)13-6-7-16-14(8-13)15(21(28,29)30)9-17(31-16)32-33-18(35)12-4-2-1-3-5-12/h1-9H,10-11H2,(H,31,32)(H,33,35). The van der Waals surface area contributed by atoms with Gasteiger partial charge in [-0.25, -0.2) is 4.98 Å². The maximum absolute atomic E-state index is 13.7. The Kier molecular flexibility index (Phi) is 7.03. The first-order chi connectivity index (χ1) is 16.1. The summed E-state index contributed by atoms with van der Waals surface area (Å²) < 4.78 is 118. The minimum atomic E-state index is -5.05. The number of hydrogen-bond donors (Lipinski definition) is 2. The Morgan fingerprint density at radius 2 is 1.43 bits per heavy atom. The number of benzene rings is 2. The van der Waals surface area contributed by atoms with Gasteiger partial charge in [-0.2, -0.15) is 39.5 Å². The van der Waals surface area contributed by atoms with E-state index in [0.29, 0.717) is 12.1 Å². The average Bonchev–Trinajstić information content (AvgIpc) is 2.74. The van der Waals surface area contributed by atoms with Crippen LogP contribution < -0.4 is 15.8 Å². The van der Waals surface area contributed by atoms with Gasteiger partial charge in [-0.15, -0.1) is 0 Å². The fourth-order valence-corrected chi connectivity index (χ4v) is 3.16. The molecule has 2 N–H and O–H groups in total. The quantitative estimate of drug-likeness (QED) is 0.318. The third kappa shape index (κ3) is 7.13. The van der Waals surface area contributed by atoms with Gasteiger partial charge in [-0.3, -0.25) is 15.6 Å². The van der Waals surface area contributed by atoms with Crippen molar-refractivity contribution in [1.29, 1.82) is 0 Å². The molecule has 5 nitrogen and oxygen atoms in total. The van der Waals surface area contributed by atoms with Gasteiger partial charge in [0, 0.05) is 16.6 Å². The number of fused-ring (bicyclic) bond motifs is 1. The van der Waals surface area contributed by atoms with Gasteiger partial charge in [0.15, 0.2) is 0 Å². The molecule has 3 aromatic rings. The fourth-order valence-electron chi connectivity index (χ4n) is 3.16. The molecular formula is C21H15F9N4O. The minimum Gasteiger partial charge on any atom is -0.353 e. The van der Waals surface area contributed by atoms with E-state index < -0.39 is 60.0 Å². The van der Waals surface area contributed by atoms with Crippen molar-refractivity contribution >= 4 is 28.3 Å². The van der Waals surface area contributed by atoms with E-state index in [1.165, 1.54) is 12.1 Å². The molecule has 188 valence electrons. The topological polar surface area (TPSA) is 57.3 Å². The molecule has 0 bridgehead atoms. The lowest BCUT2D eigenvalue weighted by atomic mass is 10.1. The minimum absolute atomic E-state index is 0.119. The summed E-state index contributed by atoms with van der Waals surface area (Å²) in [5, 5.41) is -0.718. The maximum Gasteiger partial charge on any atom is 0.417 e. The number of halogens is 9. The van der Waals surface area contributed by atoms with Gasteiger partial charge >= 0.3 is 18.5 Å². The van der Waals surface area contributed by atoms with Crippen LogP contribution in [0.4, 0.5) is 51.0 Å². The van der Waals surface area contributed by atoms with Crippen LogP contribution in [0.25, 0.3) is 10.9 Å². The molecule has 2 aromatic carbocycles. The van der Waals surface area contributed by atoms with Crippen LogP contribution in [0.1, 0.15) is 15.9 Å². The van der Waals surface area contributed by atoms with Crippen molar-refractivity contribution in [3.63, 3.8) is 0 Å². The number of hydrogen-bond acceptors (Lipinski definition) is 4. The monoisotopic (exact) mass is 510 g/mol. The summed E-state index contributed by atoms with van der Waals surface area (Å²) in [6.45, 7) is -4.06. The van der Waals surface area contributed by atoms with Crippen LogP contribution in [-0.4, -0.2) is 36.3 Å². The van der Waals surface area contributed by atoms with Gasteiger partial charge in [-0.1, -0.05) is 18.2 Å².